The normalized spacial score (nSPS) is 17.9. The molecule has 0 aliphatic carbocycles. The molecule has 0 unspecified atom stereocenters. The molecule has 0 radical (unpaired) electrons. The summed E-state index contributed by atoms with van der Waals surface area (Å²) in [7, 11) is 0. The number of hydrogen-bond donors (Lipinski definition) is 1. The second-order valence-electron chi connectivity index (χ2n) is 4.24. The predicted molar refractivity (Wildman–Crippen MR) is 61.3 cm³/mol. The standard InChI is InChI=1S/C12H19N3/c13-7-11-6-12(9-14-8-11)10-15-4-2-1-3-5-15/h6,8-9H,1-5,7,10,13H2. The Morgan fingerprint density at radius 1 is 1.13 bits per heavy atom. The third-order valence-corrected chi connectivity index (χ3v) is 2.94. The Morgan fingerprint density at radius 2 is 1.87 bits per heavy atom. The Balaban J connectivity index is 1.96. The molecule has 82 valence electrons. The monoisotopic (exact) mass is 205 g/mol. The lowest BCUT2D eigenvalue weighted by Crippen LogP contribution is -2.29. The topological polar surface area (TPSA) is 42.1 Å². The van der Waals surface area contributed by atoms with Crippen molar-refractivity contribution in [3.8, 4) is 0 Å². The quantitative estimate of drug-likeness (QED) is 0.813. The van der Waals surface area contributed by atoms with Crippen molar-refractivity contribution in [2.45, 2.75) is 32.4 Å². The predicted octanol–water partition coefficient (Wildman–Crippen LogP) is 1.53. The fraction of sp³-hybridized carbons (Fsp3) is 0.583. The van der Waals surface area contributed by atoms with Gasteiger partial charge < -0.3 is 5.73 Å². The fourth-order valence-corrected chi connectivity index (χ4v) is 2.12. The molecular weight excluding hydrogens is 186 g/mol. The number of rotatable bonds is 3. The van der Waals surface area contributed by atoms with Crippen LogP contribution in [-0.2, 0) is 13.1 Å². The summed E-state index contributed by atoms with van der Waals surface area (Å²) in [4.78, 5) is 6.72. The molecule has 1 aromatic heterocycles. The number of piperidine rings is 1. The number of nitrogens with two attached hydrogens (primary N) is 1. The summed E-state index contributed by atoms with van der Waals surface area (Å²) < 4.78 is 0. The highest BCUT2D eigenvalue weighted by molar-refractivity contribution is 5.17. The van der Waals surface area contributed by atoms with Crippen molar-refractivity contribution in [3.63, 3.8) is 0 Å². The summed E-state index contributed by atoms with van der Waals surface area (Å²) in [6.07, 6.45) is 7.86. The van der Waals surface area contributed by atoms with Crippen LogP contribution in [0.15, 0.2) is 18.5 Å². The van der Waals surface area contributed by atoms with Crippen LogP contribution < -0.4 is 5.73 Å². The first-order valence-corrected chi connectivity index (χ1v) is 5.74. The van der Waals surface area contributed by atoms with E-state index in [9.17, 15) is 0 Å². The van der Waals surface area contributed by atoms with E-state index < -0.39 is 0 Å². The lowest BCUT2D eigenvalue weighted by molar-refractivity contribution is 0.220. The van der Waals surface area contributed by atoms with Gasteiger partial charge in [-0.15, -0.1) is 0 Å². The molecule has 0 bridgehead atoms. The van der Waals surface area contributed by atoms with Crippen LogP contribution in [0.25, 0.3) is 0 Å². The molecule has 2 heterocycles. The minimum Gasteiger partial charge on any atom is -0.326 e. The molecule has 0 atom stereocenters. The van der Waals surface area contributed by atoms with Gasteiger partial charge in [-0.3, -0.25) is 9.88 Å². The molecule has 1 aromatic rings. The second-order valence-corrected chi connectivity index (χ2v) is 4.24. The molecule has 1 fully saturated rings. The van der Waals surface area contributed by atoms with E-state index in [1.807, 2.05) is 12.4 Å². The molecule has 0 amide bonds. The van der Waals surface area contributed by atoms with Gasteiger partial charge in [-0.1, -0.05) is 12.5 Å². The van der Waals surface area contributed by atoms with Crippen LogP contribution in [0, 0.1) is 0 Å². The van der Waals surface area contributed by atoms with Crippen molar-refractivity contribution in [1.29, 1.82) is 0 Å². The summed E-state index contributed by atoms with van der Waals surface area (Å²) >= 11 is 0. The Bertz CT molecular complexity index is 305. The van der Waals surface area contributed by atoms with Crippen molar-refractivity contribution in [1.82, 2.24) is 9.88 Å². The van der Waals surface area contributed by atoms with Gasteiger partial charge in [0.1, 0.15) is 0 Å². The van der Waals surface area contributed by atoms with E-state index in [1.54, 1.807) is 0 Å². The molecule has 15 heavy (non-hydrogen) atoms. The van der Waals surface area contributed by atoms with E-state index in [0.29, 0.717) is 6.54 Å². The van der Waals surface area contributed by atoms with Crippen molar-refractivity contribution < 1.29 is 0 Å². The van der Waals surface area contributed by atoms with Gasteiger partial charge in [-0.2, -0.15) is 0 Å². The van der Waals surface area contributed by atoms with E-state index >= 15 is 0 Å². The largest absolute Gasteiger partial charge is 0.326 e. The lowest BCUT2D eigenvalue weighted by Gasteiger charge is -2.26. The van der Waals surface area contributed by atoms with Crippen molar-refractivity contribution in [2.24, 2.45) is 5.73 Å². The zero-order valence-corrected chi connectivity index (χ0v) is 9.15. The number of likely N-dealkylation sites (tertiary alicyclic amines) is 1. The fourth-order valence-electron chi connectivity index (χ4n) is 2.12. The average molecular weight is 205 g/mol. The van der Waals surface area contributed by atoms with Gasteiger partial charge in [0, 0.05) is 25.5 Å². The van der Waals surface area contributed by atoms with Crippen LogP contribution in [0.5, 0.6) is 0 Å². The molecule has 2 rings (SSSR count). The third kappa shape index (κ3) is 3.01. The van der Waals surface area contributed by atoms with E-state index in [1.165, 1.54) is 37.9 Å². The Hall–Kier alpha value is -0.930. The molecule has 1 aliphatic heterocycles. The van der Waals surface area contributed by atoms with Crippen molar-refractivity contribution >= 4 is 0 Å². The molecule has 1 aliphatic rings. The van der Waals surface area contributed by atoms with Gasteiger partial charge in [-0.05, 0) is 37.1 Å². The molecule has 2 N–H and O–H groups in total. The number of hydrogen-bond acceptors (Lipinski definition) is 3. The Morgan fingerprint density at radius 3 is 2.60 bits per heavy atom. The molecule has 0 aromatic carbocycles. The molecule has 0 spiro atoms. The highest BCUT2D eigenvalue weighted by Crippen LogP contribution is 2.12. The molecular formula is C12H19N3. The van der Waals surface area contributed by atoms with Crippen LogP contribution >= 0.6 is 0 Å². The van der Waals surface area contributed by atoms with Crippen LogP contribution in [0.1, 0.15) is 30.4 Å². The van der Waals surface area contributed by atoms with Gasteiger partial charge >= 0.3 is 0 Å². The first-order valence-electron chi connectivity index (χ1n) is 5.74. The summed E-state index contributed by atoms with van der Waals surface area (Å²) in [6.45, 7) is 4.07. The summed E-state index contributed by atoms with van der Waals surface area (Å²) in [5, 5.41) is 0. The third-order valence-electron chi connectivity index (χ3n) is 2.94. The van der Waals surface area contributed by atoms with Gasteiger partial charge in [0.25, 0.3) is 0 Å². The highest BCUT2D eigenvalue weighted by atomic mass is 15.1. The smallest absolute Gasteiger partial charge is 0.0313 e. The van der Waals surface area contributed by atoms with Crippen molar-refractivity contribution in [2.75, 3.05) is 13.1 Å². The maximum Gasteiger partial charge on any atom is 0.0313 e. The summed E-state index contributed by atoms with van der Waals surface area (Å²) in [5.41, 5.74) is 8.02. The Kier molecular flexibility index (Phi) is 3.69. The van der Waals surface area contributed by atoms with E-state index in [-0.39, 0.29) is 0 Å². The zero-order valence-electron chi connectivity index (χ0n) is 9.15. The number of pyridine rings is 1. The van der Waals surface area contributed by atoms with Crippen LogP contribution in [-0.4, -0.2) is 23.0 Å². The Labute approximate surface area is 91.3 Å². The van der Waals surface area contributed by atoms with Gasteiger partial charge in [0.05, 0.1) is 0 Å². The highest BCUT2D eigenvalue weighted by Gasteiger charge is 2.10. The lowest BCUT2D eigenvalue weighted by atomic mass is 10.1. The number of nitrogens with zero attached hydrogens (tertiary/aromatic N) is 2. The first kappa shape index (κ1) is 10.6. The maximum absolute atomic E-state index is 5.60. The molecule has 3 nitrogen and oxygen atoms in total. The van der Waals surface area contributed by atoms with Gasteiger partial charge in [0.2, 0.25) is 0 Å². The summed E-state index contributed by atoms with van der Waals surface area (Å²) in [6, 6.07) is 2.17. The second kappa shape index (κ2) is 5.24. The van der Waals surface area contributed by atoms with Crippen molar-refractivity contribution in [3.05, 3.63) is 29.6 Å². The minimum absolute atomic E-state index is 0.584. The van der Waals surface area contributed by atoms with Gasteiger partial charge in [-0.25, -0.2) is 0 Å². The van der Waals surface area contributed by atoms with Crippen LogP contribution in [0.2, 0.25) is 0 Å². The van der Waals surface area contributed by atoms with E-state index in [0.717, 1.165) is 12.1 Å². The van der Waals surface area contributed by atoms with Crippen LogP contribution in [0.3, 0.4) is 0 Å². The van der Waals surface area contributed by atoms with E-state index in [2.05, 4.69) is 16.0 Å². The first-order chi connectivity index (χ1) is 7.38. The molecule has 3 heteroatoms. The maximum atomic E-state index is 5.60. The minimum atomic E-state index is 0.584. The molecule has 0 saturated carbocycles. The average Bonchev–Trinajstić information content (AvgIpc) is 2.31. The molecule has 1 saturated heterocycles. The zero-order chi connectivity index (χ0) is 10.5. The summed E-state index contributed by atoms with van der Waals surface area (Å²) in [5.74, 6) is 0. The van der Waals surface area contributed by atoms with Gasteiger partial charge in [0.15, 0.2) is 0 Å². The SMILES string of the molecule is NCc1cncc(CN2CCCCC2)c1. The van der Waals surface area contributed by atoms with Crippen LogP contribution in [0.4, 0.5) is 0 Å². The van der Waals surface area contributed by atoms with E-state index in [4.69, 9.17) is 5.73 Å². The number of aromatic nitrogens is 1.